The molecule has 0 radical (unpaired) electrons. The predicted octanol–water partition coefficient (Wildman–Crippen LogP) is 1.46. The molecule has 14 heavy (non-hydrogen) atoms. The van der Waals surface area contributed by atoms with Gasteiger partial charge in [0.15, 0.2) is 5.13 Å². The van der Waals surface area contributed by atoms with Crippen LogP contribution < -0.4 is 11.1 Å². The number of rotatable bonds is 5. The summed E-state index contributed by atoms with van der Waals surface area (Å²) in [6.45, 7) is 2.43. The number of hydrogen-bond donors (Lipinski definition) is 2. The van der Waals surface area contributed by atoms with Gasteiger partial charge in [-0.2, -0.15) is 0 Å². The van der Waals surface area contributed by atoms with Crippen molar-refractivity contribution in [2.75, 3.05) is 11.9 Å². The first-order valence-corrected chi connectivity index (χ1v) is 5.56. The van der Waals surface area contributed by atoms with Crippen molar-refractivity contribution in [1.29, 1.82) is 0 Å². The van der Waals surface area contributed by atoms with Crippen molar-refractivity contribution in [1.82, 2.24) is 4.98 Å². The Kier molecular flexibility index (Phi) is 4.55. The van der Waals surface area contributed by atoms with Crippen molar-refractivity contribution in [3.63, 3.8) is 0 Å². The number of nitrogens with zero attached hydrogens (tertiary/aromatic N) is 1. The van der Waals surface area contributed by atoms with Crippen LogP contribution in [0.2, 0.25) is 0 Å². The van der Waals surface area contributed by atoms with Gasteiger partial charge in [-0.3, -0.25) is 4.79 Å². The van der Waals surface area contributed by atoms with Gasteiger partial charge < -0.3 is 11.1 Å². The minimum Gasteiger partial charge on any atom is -0.330 e. The molecule has 4 nitrogen and oxygen atoms in total. The van der Waals surface area contributed by atoms with Crippen molar-refractivity contribution < 1.29 is 4.79 Å². The average Bonchev–Trinajstić information content (AvgIpc) is 2.66. The molecule has 1 unspecified atom stereocenters. The van der Waals surface area contributed by atoms with Crippen LogP contribution in [-0.4, -0.2) is 17.4 Å². The van der Waals surface area contributed by atoms with E-state index in [0.29, 0.717) is 11.7 Å². The van der Waals surface area contributed by atoms with Crippen LogP contribution in [-0.2, 0) is 4.79 Å². The van der Waals surface area contributed by atoms with Gasteiger partial charge >= 0.3 is 0 Å². The van der Waals surface area contributed by atoms with Crippen LogP contribution in [0.3, 0.4) is 0 Å². The maximum Gasteiger partial charge on any atom is 0.230 e. The second kappa shape index (κ2) is 5.72. The molecule has 1 atom stereocenters. The molecule has 0 aromatic carbocycles. The summed E-state index contributed by atoms with van der Waals surface area (Å²) in [4.78, 5) is 15.6. The molecular formula is C9H15N3OS. The minimum absolute atomic E-state index is 0.0238. The molecule has 1 amide bonds. The normalized spacial score (nSPS) is 12.4. The smallest absolute Gasteiger partial charge is 0.230 e. The molecule has 5 heteroatoms. The number of aromatic nitrogens is 1. The van der Waals surface area contributed by atoms with Gasteiger partial charge in [0.2, 0.25) is 5.91 Å². The van der Waals surface area contributed by atoms with Gasteiger partial charge in [-0.15, -0.1) is 11.3 Å². The summed E-state index contributed by atoms with van der Waals surface area (Å²) in [5.74, 6) is -0.117. The third-order valence-corrected chi connectivity index (χ3v) is 2.64. The quantitative estimate of drug-likeness (QED) is 0.778. The minimum atomic E-state index is -0.0936. The number of carbonyl (C=O) groups is 1. The van der Waals surface area contributed by atoms with E-state index in [9.17, 15) is 4.79 Å². The molecule has 1 aromatic heterocycles. The fourth-order valence-electron chi connectivity index (χ4n) is 1.20. The standard InChI is InChI=1S/C9H15N3OS/c1-2-3-7(6-10)8(13)12-9-11-4-5-14-9/h4-5,7H,2-3,6,10H2,1H3,(H,11,12,13). The van der Waals surface area contributed by atoms with E-state index in [1.807, 2.05) is 12.3 Å². The van der Waals surface area contributed by atoms with Crippen molar-refractivity contribution >= 4 is 22.4 Å². The van der Waals surface area contributed by atoms with Gasteiger partial charge in [-0.1, -0.05) is 13.3 Å². The van der Waals surface area contributed by atoms with Crippen LogP contribution in [0.25, 0.3) is 0 Å². The molecule has 0 aliphatic carbocycles. The van der Waals surface area contributed by atoms with Gasteiger partial charge in [0.25, 0.3) is 0 Å². The molecular weight excluding hydrogens is 198 g/mol. The molecule has 0 spiro atoms. The van der Waals surface area contributed by atoms with Crippen LogP contribution in [0, 0.1) is 5.92 Å². The summed E-state index contributed by atoms with van der Waals surface area (Å²) >= 11 is 1.41. The summed E-state index contributed by atoms with van der Waals surface area (Å²) in [6, 6.07) is 0. The zero-order valence-corrected chi connectivity index (χ0v) is 9.01. The second-order valence-corrected chi connectivity index (χ2v) is 3.94. The molecule has 3 N–H and O–H groups in total. The lowest BCUT2D eigenvalue weighted by Gasteiger charge is -2.11. The van der Waals surface area contributed by atoms with Crippen molar-refractivity contribution in [2.45, 2.75) is 19.8 Å². The third kappa shape index (κ3) is 3.08. The van der Waals surface area contributed by atoms with Crippen LogP contribution in [0.1, 0.15) is 19.8 Å². The molecule has 78 valence electrons. The number of thiazole rings is 1. The molecule has 0 bridgehead atoms. The third-order valence-electron chi connectivity index (χ3n) is 1.95. The lowest BCUT2D eigenvalue weighted by Crippen LogP contribution is -2.29. The van der Waals surface area contributed by atoms with E-state index >= 15 is 0 Å². The number of anilines is 1. The fraction of sp³-hybridized carbons (Fsp3) is 0.556. The Morgan fingerprint density at radius 2 is 2.57 bits per heavy atom. The summed E-state index contributed by atoms with van der Waals surface area (Å²) in [5.41, 5.74) is 5.51. The maximum atomic E-state index is 11.6. The fourth-order valence-corrected chi connectivity index (χ4v) is 1.73. The van der Waals surface area contributed by atoms with Gasteiger partial charge in [-0.25, -0.2) is 4.98 Å². The SMILES string of the molecule is CCCC(CN)C(=O)Nc1nccs1. The van der Waals surface area contributed by atoms with E-state index in [1.54, 1.807) is 6.20 Å². The van der Waals surface area contributed by atoms with E-state index in [2.05, 4.69) is 10.3 Å². The Labute approximate surface area is 87.5 Å². The van der Waals surface area contributed by atoms with E-state index in [-0.39, 0.29) is 11.8 Å². The predicted molar refractivity (Wildman–Crippen MR) is 58.2 cm³/mol. The lowest BCUT2D eigenvalue weighted by atomic mass is 10.0. The zero-order valence-electron chi connectivity index (χ0n) is 8.19. The molecule has 1 aromatic rings. The molecule has 0 saturated heterocycles. The summed E-state index contributed by atoms with van der Waals surface area (Å²) in [5, 5.41) is 5.22. The van der Waals surface area contributed by atoms with E-state index < -0.39 is 0 Å². The first-order valence-electron chi connectivity index (χ1n) is 4.68. The largest absolute Gasteiger partial charge is 0.330 e. The van der Waals surface area contributed by atoms with Gasteiger partial charge in [-0.05, 0) is 6.42 Å². The number of hydrogen-bond acceptors (Lipinski definition) is 4. The molecule has 0 aliphatic heterocycles. The Balaban J connectivity index is 2.47. The highest BCUT2D eigenvalue weighted by atomic mass is 32.1. The Morgan fingerprint density at radius 1 is 1.79 bits per heavy atom. The highest BCUT2D eigenvalue weighted by molar-refractivity contribution is 7.13. The van der Waals surface area contributed by atoms with Crippen LogP contribution in [0.4, 0.5) is 5.13 Å². The number of amides is 1. The van der Waals surface area contributed by atoms with Crippen molar-refractivity contribution in [3.8, 4) is 0 Å². The Morgan fingerprint density at radius 3 is 3.07 bits per heavy atom. The van der Waals surface area contributed by atoms with Crippen molar-refractivity contribution in [2.24, 2.45) is 11.7 Å². The average molecular weight is 213 g/mol. The molecule has 1 rings (SSSR count). The monoisotopic (exact) mass is 213 g/mol. The topological polar surface area (TPSA) is 68.0 Å². The van der Waals surface area contributed by atoms with Gasteiger partial charge in [0, 0.05) is 18.1 Å². The number of nitrogens with one attached hydrogen (secondary N) is 1. The molecule has 0 saturated carbocycles. The molecule has 0 fully saturated rings. The zero-order chi connectivity index (χ0) is 10.4. The Bertz CT molecular complexity index is 274. The number of nitrogens with two attached hydrogens (primary N) is 1. The molecule has 0 aliphatic rings. The van der Waals surface area contributed by atoms with Crippen LogP contribution >= 0.6 is 11.3 Å². The van der Waals surface area contributed by atoms with Crippen LogP contribution in [0.5, 0.6) is 0 Å². The van der Waals surface area contributed by atoms with Gasteiger partial charge in [0.1, 0.15) is 0 Å². The summed E-state index contributed by atoms with van der Waals surface area (Å²) in [6.07, 6.45) is 3.46. The van der Waals surface area contributed by atoms with Crippen LogP contribution in [0.15, 0.2) is 11.6 Å². The Hall–Kier alpha value is -0.940. The first-order chi connectivity index (χ1) is 6.77. The highest BCUT2D eigenvalue weighted by Crippen LogP contribution is 2.13. The molecule has 1 heterocycles. The van der Waals surface area contributed by atoms with Crippen molar-refractivity contribution in [3.05, 3.63) is 11.6 Å². The van der Waals surface area contributed by atoms with Gasteiger partial charge in [0.05, 0.1) is 5.92 Å². The number of carbonyl (C=O) groups excluding carboxylic acids is 1. The second-order valence-electron chi connectivity index (χ2n) is 3.05. The van der Waals surface area contributed by atoms with E-state index in [4.69, 9.17) is 5.73 Å². The highest BCUT2D eigenvalue weighted by Gasteiger charge is 2.16. The maximum absolute atomic E-state index is 11.6. The summed E-state index contributed by atoms with van der Waals surface area (Å²) in [7, 11) is 0. The van der Waals surface area contributed by atoms with E-state index in [0.717, 1.165) is 12.8 Å². The first kappa shape index (κ1) is 11.1. The summed E-state index contributed by atoms with van der Waals surface area (Å²) < 4.78 is 0. The van der Waals surface area contributed by atoms with E-state index in [1.165, 1.54) is 11.3 Å². The lowest BCUT2D eigenvalue weighted by molar-refractivity contribution is -0.119.